The number of hydrogen-bond donors (Lipinski definition) is 2. The van der Waals surface area contributed by atoms with E-state index >= 15 is 0 Å². The Labute approximate surface area is 342 Å². The number of nitrogens with one attached hydrogen (secondary N) is 2. The second kappa shape index (κ2) is 13.5. The zero-order valence-electron chi connectivity index (χ0n) is 32.2. The van der Waals surface area contributed by atoms with Gasteiger partial charge in [-0.15, -0.1) is 0 Å². The highest BCUT2D eigenvalue weighted by Crippen LogP contribution is 2.46. The molecule has 2 aromatic heterocycles. The fourth-order valence-corrected chi connectivity index (χ4v) is 9.42. The molecule has 4 heterocycles. The Kier molecular flexibility index (Phi) is 7.68. The first-order valence-corrected chi connectivity index (χ1v) is 20.3. The number of benzene rings is 8. The van der Waals surface area contributed by atoms with Gasteiger partial charge in [-0.05, 0) is 83.4 Å². The minimum atomic E-state index is -0.0794. The van der Waals surface area contributed by atoms with Crippen molar-refractivity contribution in [3.05, 3.63) is 222 Å². The molecule has 2 aliphatic rings. The summed E-state index contributed by atoms with van der Waals surface area (Å²) in [6.45, 7) is 0. The van der Waals surface area contributed by atoms with Crippen LogP contribution in [0.2, 0.25) is 0 Å². The summed E-state index contributed by atoms with van der Waals surface area (Å²) in [5.74, 6) is 1.06. The molecule has 0 aliphatic carbocycles. The van der Waals surface area contributed by atoms with Crippen molar-refractivity contribution < 1.29 is 0 Å². The zero-order chi connectivity index (χ0) is 38.9. The van der Waals surface area contributed by atoms with Crippen LogP contribution in [0.1, 0.15) is 34.5 Å². The van der Waals surface area contributed by atoms with Crippen molar-refractivity contribution in [1.82, 2.24) is 19.8 Å². The van der Waals surface area contributed by atoms with Crippen LogP contribution in [0.4, 0.5) is 17.1 Å². The van der Waals surface area contributed by atoms with Crippen LogP contribution in [0.5, 0.6) is 0 Å². The Balaban J connectivity index is 1.06. The molecule has 2 aliphatic heterocycles. The fourth-order valence-electron chi connectivity index (χ4n) is 9.42. The van der Waals surface area contributed by atoms with Gasteiger partial charge >= 0.3 is 0 Å². The number of rotatable bonds is 5. The van der Waals surface area contributed by atoms with Crippen molar-refractivity contribution >= 4 is 78.6 Å². The molecule has 0 radical (unpaired) electrons. The topological polar surface area (TPSA) is 37.2 Å². The van der Waals surface area contributed by atoms with Crippen LogP contribution < -0.4 is 15.5 Å². The standard InChI is InChI=1S/C54H39N5/c1-4-16-36(17-5-1)46-35-53(56-54(55-46)38-19-6-2-7-20-38)59-49-27-15-12-23-42(49)44-33-41(30-31-50(44)59)58-48-26-14-11-24-43(48)45-34-51-39(32-52(45)58)29-28-37-18-10-13-25-47(37)57(51)40-21-8-3-9-22-40/h1-35,46,54-56H. The number of fused-ring (bicyclic) bond motifs is 8. The fraction of sp³-hybridized carbons (Fsp3) is 0.0370. The van der Waals surface area contributed by atoms with E-state index < -0.39 is 0 Å². The van der Waals surface area contributed by atoms with E-state index in [1.54, 1.807) is 0 Å². The molecule has 0 fully saturated rings. The summed E-state index contributed by atoms with van der Waals surface area (Å²) in [4.78, 5) is 2.41. The molecular weight excluding hydrogens is 719 g/mol. The SMILES string of the molecule is C1=Cc2cc3c(cc2N(c2ccccc2)c2ccccc21)c1ccccc1n3-c1ccc2c(c1)c1ccccc1n2C1=CC(c2ccccc2)NC(c2ccccc2)N1. The molecule has 2 N–H and O–H groups in total. The summed E-state index contributed by atoms with van der Waals surface area (Å²) in [6.07, 6.45) is 6.79. The molecule has 5 nitrogen and oxygen atoms in total. The highest BCUT2D eigenvalue weighted by atomic mass is 15.3. The van der Waals surface area contributed by atoms with Crippen molar-refractivity contribution in [2.75, 3.05) is 4.90 Å². The van der Waals surface area contributed by atoms with Gasteiger partial charge in [0, 0.05) is 38.5 Å². The summed E-state index contributed by atoms with van der Waals surface area (Å²) < 4.78 is 4.86. The third kappa shape index (κ3) is 5.43. The van der Waals surface area contributed by atoms with E-state index in [1.165, 1.54) is 60.5 Å². The first-order chi connectivity index (χ1) is 29.3. The molecule has 2 unspecified atom stereocenters. The Bertz CT molecular complexity index is 3280. The quantitative estimate of drug-likeness (QED) is 0.184. The minimum absolute atomic E-state index is 0.0144. The second-order valence-electron chi connectivity index (χ2n) is 15.5. The van der Waals surface area contributed by atoms with Gasteiger partial charge in [-0.3, -0.25) is 9.88 Å². The molecule has 8 aromatic carbocycles. The van der Waals surface area contributed by atoms with Crippen molar-refractivity contribution in [3.63, 3.8) is 0 Å². The molecule has 10 aromatic rings. The van der Waals surface area contributed by atoms with Crippen molar-refractivity contribution in [2.24, 2.45) is 0 Å². The highest BCUT2D eigenvalue weighted by Gasteiger charge is 2.27. The largest absolute Gasteiger partial charge is 0.352 e. The Hall–Kier alpha value is -7.60. The first kappa shape index (κ1) is 33.5. The van der Waals surface area contributed by atoms with Gasteiger partial charge in [-0.2, -0.15) is 0 Å². The van der Waals surface area contributed by atoms with E-state index in [1.807, 2.05) is 0 Å². The third-order valence-corrected chi connectivity index (χ3v) is 12.1. The molecule has 0 bridgehead atoms. The maximum atomic E-state index is 3.90. The molecule has 0 amide bonds. The van der Waals surface area contributed by atoms with E-state index in [2.05, 4.69) is 237 Å². The van der Waals surface area contributed by atoms with Crippen LogP contribution in [0.15, 0.2) is 200 Å². The predicted molar refractivity (Wildman–Crippen MR) is 246 cm³/mol. The van der Waals surface area contributed by atoms with Gasteiger partial charge in [-0.1, -0.05) is 146 Å². The van der Waals surface area contributed by atoms with Crippen LogP contribution >= 0.6 is 0 Å². The van der Waals surface area contributed by atoms with Crippen molar-refractivity contribution in [3.8, 4) is 5.69 Å². The Morgan fingerprint density at radius 3 is 1.75 bits per heavy atom. The van der Waals surface area contributed by atoms with Gasteiger partial charge < -0.3 is 14.8 Å². The van der Waals surface area contributed by atoms with Crippen LogP contribution in [0.25, 0.3) is 67.3 Å². The van der Waals surface area contributed by atoms with Gasteiger partial charge in [0.2, 0.25) is 0 Å². The average molecular weight is 758 g/mol. The van der Waals surface area contributed by atoms with E-state index in [0.29, 0.717) is 0 Å². The van der Waals surface area contributed by atoms with Crippen LogP contribution in [-0.4, -0.2) is 9.13 Å². The summed E-state index contributed by atoms with van der Waals surface area (Å²) in [5, 5.41) is 12.6. The van der Waals surface area contributed by atoms with Crippen molar-refractivity contribution in [1.29, 1.82) is 0 Å². The molecule has 280 valence electrons. The van der Waals surface area contributed by atoms with E-state index in [4.69, 9.17) is 0 Å². The monoisotopic (exact) mass is 757 g/mol. The zero-order valence-corrected chi connectivity index (χ0v) is 32.2. The molecular formula is C54H39N5. The Morgan fingerprint density at radius 1 is 0.390 bits per heavy atom. The summed E-state index contributed by atoms with van der Waals surface area (Å²) in [7, 11) is 0. The van der Waals surface area contributed by atoms with Gasteiger partial charge in [0.25, 0.3) is 0 Å². The van der Waals surface area contributed by atoms with Crippen LogP contribution in [-0.2, 0) is 0 Å². The first-order valence-electron chi connectivity index (χ1n) is 20.3. The summed E-state index contributed by atoms with van der Waals surface area (Å²) >= 11 is 0. The molecule has 2 atom stereocenters. The number of anilines is 3. The lowest BCUT2D eigenvalue weighted by Gasteiger charge is -2.33. The molecule has 0 saturated carbocycles. The number of para-hydroxylation sites is 4. The second-order valence-corrected chi connectivity index (χ2v) is 15.5. The molecule has 0 spiro atoms. The highest BCUT2D eigenvalue weighted by molar-refractivity contribution is 6.14. The Morgan fingerprint density at radius 2 is 0.983 bits per heavy atom. The van der Waals surface area contributed by atoms with Crippen molar-refractivity contribution in [2.45, 2.75) is 12.2 Å². The normalized spacial score (nSPS) is 16.2. The lowest BCUT2D eigenvalue weighted by molar-refractivity contribution is 0.435. The van der Waals surface area contributed by atoms with Crippen LogP contribution in [0.3, 0.4) is 0 Å². The molecule has 5 heteroatoms. The summed E-state index contributed by atoms with van der Waals surface area (Å²) in [5.41, 5.74) is 14.1. The van der Waals surface area contributed by atoms with Gasteiger partial charge in [0.05, 0.1) is 39.5 Å². The maximum absolute atomic E-state index is 3.90. The van der Waals surface area contributed by atoms with E-state index in [0.717, 1.165) is 33.9 Å². The average Bonchev–Trinajstić information content (AvgIpc) is 3.75. The number of hydrogen-bond acceptors (Lipinski definition) is 3. The van der Waals surface area contributed by atoms with E-state index in [9.17, 15) is 0 Å². The van der Waals surface area contributed by atoms with Gasteiger partial charge in [0.15, 0.2) is 0 Å². The van der Waals surface area contributed by atoms with Crippen LogP contribution in [0, 0.1) is 0 Å². The lowest BCUT2D eigenvalue weighted by atomic mass is 10.0. The molecule has 0 saturated heterocycles. The number of nitrogens with zero attached hydrogens (tertiary/aromatic N) is 3. The lowest BCUT2D eigenvalue weighted by Crippen LogP contribution is -2.40. The smallest absolute Gasteiger partial charge is 0.110 e. The minimum Gasteiger partial charge on any atom is -0.352 e. The molecule has 59 heavy (non-hydrogen) atoms. The van der Waals surface area contributed by atoms with Gasteiger partial charge in [0.1, 0.15) is 12.0 Å². The summed E-state index contributed by atoms with van der Waals surface area (Å²) in [6, 6.07) is 70.2. The third-order valence-electron chi connectivity index (χ3n) is 12.1. The van der Waals surface area contributed by atoms with Gasteiger partial charge in [-0.25, -0.2) is 0 Å². The molecule has 12 rings (SSSR count). The van der Waals surface area contributed by atoms with E-state index in [-0.39, 0.29) is 12.2 Å². The predicted octanol–water partition coefficient (Wildman–Crippen LogP) is 13.3. The number of aromatic nitrogens is 2. The maximum Gasteiger partial charge on any atom is 0.110 e.